The van der Waals surface area contributed by atoms with Crippen LogP contribution in [0.25, 0.3) is 0 Å². The molecule has 2 saturated heterocycles. The smallest absolute Gasteiger partial charge is 0.251 e. The van der Waals surface area contributed by atoms with E-state index in [0.717, 1.165) is 44.2 Å². The number of hydrogen-bond donors (Lipinski definition) is 2. The highest BCUT2D eigenvalue weighted by Crippen LogP contribution is 2.26. The molecule has 0 spiro atoms. The predicted molar refractivity (Wildman–Crippen MR) is 114 cm³/mol. The van der Waals surface area contributed by atoms with Gasteiger partial charge in [0, 0.05) is 30.2 Å². The van der Waals surface area contributed by atoms with Gasteiger partial charge in [-0.05, 0) is 70.7 Å². The van der Waals surface area contributed by atoms with Gasteiger partial charge in [0.2, 0.25) is 10.0 Å². The minimum absolute atomic E-state index is 0. The SMILES string of the molecule is Cc1ccc(S(=O)(=O)N2CCCCC2C)cc1C(=O)NC1CCNC(C)C1.Cl. The second kappa shape index (κ2) is 9.57. The van der Waals surface area contributed by atoms with Crippen molar-refractivity contribution in [2.24, 2.45) is 0 Å². The Balaban J connectivity index is 0.00000280. The Labute approximate surface area is 174 Å². The Bertz CT molecular complexity index is 800. The fourth-order valence-corrected chi connectivity index (χ4v) is 5.82. The molecule has 8 heteroatoms. The normalized spacial score (nSPS) is 26.3. The second-order valence-corrected chi connectivity index (χ2v) is 9.88. The van der Waals surface area contributed by atoms with Crippen LogP contribution in [0.2, 0.25) is 0 Å². The van der Waals surface area contributed by atoms with E-state index in [0.29, 0.717) is 18.2 Å². The number of aryl methyl sites for hydroxylation is 1. The summed E-state index contributed by atoms with van der Waals surface area (Å²) < 4.78 is 27.8. The van der Waals surface area contributed by atoms with E-state index in [2.05, 4.69) is 17.6 Å². The molecule has 28 heavy (non-hydrogen) atoms. The first-order valence-corrected chi connectivity index (χ1v) is 11.4. The van der Waals surface area contributed by atoms with Crippen molar-refractivity contribution in [1.82, 2.24) is 14.9 Å². The van der Waals surface area contributed by atoms with Crippen LogP contribution in [0.1, 0.15) is 61.9 Å². The lowest BCUT2D eigenvalue weighted by atomic mass is 9.99. The highest BCUT2D eigenvalue weighted by molar-refractivity contribution is 7.89. The summed E-state index contributed by atoms with van der Waals surface area (Å²) in [6, 6.07) is 5.40. The highest BCUT2D eigenvalue weighted by Gasteiger charge is 2.31. The molecule has 1 amide bonds. The molecule has 2 aliphatic heterocycles. The van der Waals surface area contributed by atoms with Crippen molar-refractivity contribution in [3.63, 3.8) is 0 Å². The molecule has 1 aromatic carbocycles. The van der Waals surface area contributed by atoms with Crippen molar-refractivity contribution in [2.45, 2.75) is 75.9 Å². The van der Waals surface area contributed by atoms with Gasteiger partial charge in [-0.15, -0.1) is 12.4 Å². The molecular weight excluding hydrogens is 398 g/mol. The lowest BCUT2D eigenvalue weighted by Crippen LogP contribution is -2.46. The molecule has 0 aromatic heterocycles. The second-order valence-electron chi connectivity index (χ2n) is 7.99. The zero-order valence-electron chi connectivity index (χ0n) is 16.9. The molecule has 3 rings (SSSR count). The number of nitrogens with zero attached hydrogens (tertiary/aromatic N) is 1. The lowest BCUT2D eigenvalue weighted by Gasteiger charge is -2.32. The van der Waals surface area contributed by atoms with Gasteiger partial charge in [0.05, 0.1) is 4.90 Å². The first-order valence-electron chi connectivity index (χ1n) is 9.96. The molecule has 0 aliphatic carbocycles. The van der Waals surface area contributed by atoms with Crippen LogP contribution >= 0.6 is 12.4 Å². The van der Waals surface area contributed by atoms with E-state index in [4.69, 9.17) is 0 Å². The maximum absolute atomic E-state index is 13.1. The molecule has 6 nitrogen and oxygen atoms in total. The topological polar surface area (TPSA) is 78.5 Å². The third-order valence-corrected chi connectivity index (χ3v) is 7.77. The number of nitrogens with one attached hydrogen (secondary N) is 2. The van der Waals surface area contributed by atoms with Gasteiger partial charge in [0.1, 0.15) is 0 Å². The Hall–Kier alpha value is -1.15. The molecule has 2 N–H and O–H groups in total. The van der Waals surface area contributed by atoms with Gasteiger partial charge in [0.15, 0.2) is 0 Å². The molecule has 158 valence electrons. The highest BCUT2D eigenvalue weighted by atomic mass is 35.5. The summed E-state index contributed by atoms with van der Waals surface area (Å²) in [5.41, 5.74) is 1.24. The van der Waals surface area contributed by atoms with Gasteiger partial charge in [-0.3, -0.25) is 4.79 Å². The summed E-state index contributed by atoms with van der Waals surface area (Å²) in [6.07, 6.45) is 4.60. The van der Waals surface area contributed by atoms with Gasteiger partial charge in [0.25, 0.3) is 5.91 Å². The number of carbonyl (C=O) groups excluding carboxylic acids is 1. The van der Waals surface area contributed by atoms with Crippen molar-refractivity contribution >= 4 is 28.3 Å². The van der Waals surface area contributed by atoms with E-state index in [1.807, 2.05) is 13.8 Å². The van der Waals surface area contributed by atoms with Gasteiger partial charge in [-0.2, -0.15) is 4.31 Å². The number of amides is 1. The van der Waals surface area contributed by atoms with Crippen molar-refractivity contribution < 1.29 is 13.2 Å². The Morgan fingerprint density at radius 2 is 1.96 bits per heavy atom. The number of piperidine rings is 2. The first kappa shape index (κ1) is 23.1. The summed E-state index contributed by atoms with van der Waals surface area (Å²) in [4.78, 5) is 13.0. The minimum Gasteiger partial charge on any atom is -0.349 e. The molecule has 3 atom stereocenters. The fourth-order valence-electron chi connectivity index (χ4n) is 4.10. The average molecular weight is 430 g/mol. The lowest BCUT2D eigenvalue weighted by molar-refractivity contribution is 0.0925. The minimum atomic E-state index is -3.58. The quantitative estimate of drug-likeness (QED) is 0.771. The molecule has 2 heterocycles. The number of hydrogen-bond acceptors (Lipinski definition) is 4. The van der Waals surface area contributed by atoms with Crippen molar-refractivity contribution in [2.75, 3.05) is 13.1 Å². The number of sulfonamides is 1. The van der Waals surface area contributed by atoms with Crippen molar-refractivity contribution in [3.05, 3.63) is 29.3 Å². The molecule has 0 bridgehead atoms. The van der Waals surface area contributed by atoms with Crippen LogP contribution in [-0.2, 0) is 10.0 Å². The maximum atomic E-state index is 13.1. The van der Waals surface area contributed by atoms with Crippen LogP contribution in [0.15, 0.2) is 23.1 Å². The van der Waals surface area contributed by atoms with Gasteiger partial charge in [-0.25, -0.2) is 8.42 Å². The maximum Gasteiger partial charge on any atom is 0.251 e. The summed E-state index contributed by atoms with van der Waals surface area (Å²) in [6.45, 7) is 7.34. The predicted octanol–water partition coefficient (Wildman–Crippen LogP) is 2.85. The largest absolute Gasteiger partial charge is 0.349 e. The van der Waals surface area contributed by atoms with Gasteiger partial charge in [-0.1, -0.05) is 12.5 Å². The molecule has 2 aliphatic rings. The van der Waals surface area contributed by atoms with Crippen molar-refractivity contribution in [3.8, 4) is 0 Å². The number of benzene rings is 1. The molecule has 3 unspecified atom stereocenters. The molecule has 1 aromatic rings. The van der Waals surface area contributed by atoms with Crippen molar-refractivity contribution in [1.29, 1.82) is 0 Å². The monoisotopic (exact) mass is 429 g/mol. The summed E-state index contributed by atoms with van der Waals surface area (Å²) in [5, 5.41) is 6.46. The third-order valence-electron chi connectivity index (χ3n) is 5.76. The molecule has 0 radical (unpaired) electrons. The first-order chi connectivity index (χ1) is 12.8. The van der Waals surface area contributed by atoms with E-state index in [1.54, 1.807) is 22.5 Å². The number of halogens is 1. The van der Waals surface area contributed by atoms with Gasteiger partial charge < -0.3 is 10.6 Å². The Kier molecular flexibility index (Phi) is 7.90. The zero-order valence-corrected chi connectivity index (χ0v) is 18.5. The van der Waals surface area contributed by atoms with Gasteiger partial charge >= 0.3 is 0 Å². The standard InChI is InChI=1S/C20H31N3O3S.ClH/c1-14-7-8-18(27(25,26)23-11-5-4-6-16(23)3)13-19(14)20(24)22-17-9-10-21-15(2)12-17;/h7-8,13,15-17,21H,4-6,9-12H2,1-3H3,(H,22,24);1H. The molecular formula is C20H32ClN3O3S. The van der Waals surface area contributed by atoms with E-state index in [-0.39, 0.29) is 35.3 Å². The third kappa shape index (κ3) is 5.06. The Morgan fingerprint density at radius 3 is 2.64 bits per heavy atom. The van der Waals surface area contributed by atoms with E-state index in [9.17, 15) is 13.2 Å². The van der Waals surface area contributed by atoms with Crippen LogP contribution in [0.4, 0.5) is 0 Å². The van der Waals surface area contributed by atoms with Crippen LogP contribution in [0.5, 0.6) is 0 Å². The van der Waals surface area contributed by atoms with Crippen LogP contribution < -0.4 is 10.6 Å². The van der Waals surface area contributed by atoms with Crippen LogP contribution in [0.3, 0.4) is 0 Å². The van der Waals surface area contributed by atoms with E-state index in [1.165, 1.54) is 0 Å². The van der Waals surface area contributed by atoms with E-state index < -0.39 is 10.0 Å². The zero-order chi connectivity index (χ0) is 19.6. The summed E-state index contributed by atoms with van der Waals surface area (Å²) in [7, 11) is -3.58. The fraction of sp³-hybridized carbons (Fsp3) is 0.650. The molecule has 2 fully saturated rings. The number of carbonyl (C=O) groups is 1. The van der Waals surface area contributed by atoms with Crippen LogP contribution in [0, 0.1) is 6.92 Å². The summed E-state index contributed by atoms with van der Waals surface area (Å²) >= 11 is 0. The number of rotatable bonds is 4. The van der Waals surface area contributed by atoms with E-state index >= 15 is 0 Å². The Morgan fingerprint density at radius 1 is 1.21 bits per heavy atom. The average Bonchev–Trinajstić information content (AvgIpc) is 2.62. The molecule has 0 saturated carbocycles. The summed E-state index contributed by atoms with van der Waals surface area (Å²) in [5.74, 6) is -0.185. The van der Waals surface area contributed by atoms with Crippen LogP contribution in [-0.4, -0.2) is 49.8 Å².